The number of carbonyl (C=O) groups is 2. The third-order valence-corrected chi connectivity index (χ3v) is 2.28. The molecule has 4 heteroatoms. The SMILES string of the molecule is C=C(C)CNC(=O)CNC(=O)c1cccc(C)c1. The molecule has 0 fully saturated rings. The summed E-state index contributed by atoms with van der Waals surface area (Å²) in [5.41, 5.74) is 2.44. The second kappa shape index (κ2) is 6.59. The molecule has 0 spiro atoms. The van der Waals surface area contributed by atoms with Gasteiger partial charge >= 0.3 is 0 Å². The molecule has 0 atom stereocenters. The Morgan fingerprint density at radius 3 is 2.56 bits per heavy atom. The molecule has 96 valence electrons. The maximum absolute atomic E-state index is 11.7. The summed E-state index contributed by atoms with van der Waals surface area (Å²) in [7, 11) is 0. The van der Waals surface area contributed by atoms with E-state index in [1.165, 1.54) is 0 Å². The lowest BCUT2D eigenvalue weighted by Gasteiger charge is -2.07. The van der Waals surface area contributed by atoms with Gasteiger partial charge in [-0.2, -0.15) is 0 Å². The van der Waals surface area contributed by atoms with E-state index in [9.17, 15) is 9.59 Å². The molecule has 18 heavy (non-hydrogen) atoms. The van der Waals surface area contributed by atoms with Crippen LogP contribution in [0.1, 0.15) is 22.8 Å². The van der Waals surface area contributed by atoms with Gasteiger partial charge in [0.25, 0.3) is 5.91 Å². The predicted molar refractivity (Wildman–Crippen MR) is 71.3 cm³/mol. The Hall–Kier alpha value is -2.10. The van der Waals surface area contributed by atoms with E-state index < -0.39 is 0 Å². The topological polar surface area (TPSA) is 58.2 Å². The van der Waals surface area contributed by atoms with Crippen molar-refractivity contribution in [2.75, 3.05) is 13.1 Å². The molecule has 1 aromatic rings. The van der Waals surface area contributed by atoms with Crippen LogP contribution in [0.5, 0.6) is 0 Å². The van der Waals surface area contributed by atoms with Gasteiger partial charge in [0.2, 0.25) is 5.91 Å². The second-order valence-electron chi connectivity index (χ2n) is 4.29. The van der Waals surface area contributed by atoms with Gasteiger partial charge in [0.05, 0.1) is 6.54 Å². The highest BCUT2D eigenvalue weighted by molar-refractivity contribution is 5.96. The molecule has 0 saturated heterocycles. The molecule has 0 aliphatic carbocycles. The number of amides is 2. The molecule has 0 unspecified atom stereocenters. The number of aryl methyl sites for hydroxylation is 1. The van der Waals surface area contributed by atoms with Gasteiger partial charge in [-0.3, -0.25) is 9.59 Å². The van der Waals surface area contributed by atoms with Gasteiger partial charge < -0.3 is 10.6 Å². The zero-order valence-electron chi connectivity index (χ0n) is 10.7. The molecule has 0 aliphatic rings. The molecule has 0 bridgehead atoms. The fraction of sp³-hybridized carbons (Fsp3) is 0.286. The average Bonchev–Trinajstić information content (AvgIpc) is 2.33. The van der Waals surface area contributed by atoms with E-state index in [-0.39, 0.29) is 18.4 Å². The summed E-state index contributed by atoms with van der Waals surface area (Å²) >= 11 is 0. The zero-order chi connectivity index (χ0) is 13.5. The third kappa shape index (κ3) is 4.82. The van der Waals surface area contributed by atoms with Crippen LogP contribution in [0.15, 0.2) is 36.4 Å². The largest absolute Gasteiger partial charge is 0.351 e. The van der Waals surface area contributed by atoms with Crippen molar-refractivity contribution in [2.24, 2.45) is 0 Å². The van der Waals surface area contributed by atoms with Gasteiger partial charge in [0.1, 0.15) is 0 Å². The molecule has 0 aliphatic heterocycles. The van der Waals surface area contributed by atoms with Crippen LogP contribution in [0.2, 0.25) is 0 Å². The van der Waals surface area contributed by atoms with Crippen LogP contribution >= 0.6 is 0 Å². The smallest absolute Gasteiger partial charge is 0.251 e. The number of hydrogen-bond acceptors (Lipinski definition) is 2. The maximum Gasteiger partial charge on any atom is 0.251 e. The first kappa shape index (κ1) is 14.0. The van der Waals surface area contributed by atoms with Crippen LogP contribution in [0.4, 0.5) is 0 Å². The highest BCUT2D eigenvalue weighted by atomic mass is 16.2. The van der Waals surface area contributed by atoms with E-state index in [1.54, 1.807) is 12.1 Å². The fourth-order valence-corrected chi connectivity index (χ4v) is 1.36. The van der Waals surface area contributed by atoms with Gasteiger partial charge in [0, 0.05) is 12.1 Å². The Balaban J connectivity index is 2.42. The van der Waals surface area contributed by atoms with E-state index in [4.69, 9.17) is 0 Å². The van der Waals surface area contributed by atoms with Crippen molar-refractivity contribution in [3.8, 4) is 0 Å². The van der Waals surface area contributed by atoms with Crippen LogP contribution in [-0.4, -0.2) is 24.9 Å². The van der Waals surface area contributed by atoms with E-state index in [0.29, 0.717) is 12.1 Å². The summed E-state index contributed by atoms with van der Waals surface area (Å²) < 4.78 is 0. The third-order valence-electron chi connectivity index (χ3n) is 2.28. The quantitative estimate of drug-likeness (QED) is 0.772. The lowest BCUT2D eigenvalue weighted by Crippen LogP contribution is -2.37. The summed E-state index contributed by atoms with van der Waals surface area (Å²) in [4.78, 5) is 23.1. The van der Waals surface area contributed by atoms with Crippen molar-refractivity contribution in [3.63, 3.8) is 0 Å². The first-order valence-electron chi connectivity index (χ1n) is 5.75. The van der Waals surface area contributed by atoms with Gasteiger partial charge in [-0.15, -0.1) is 0 Å². The lowest BCUT2D eigenvalue weighted by molar-refractivity contribution is -0.119. The summed E-state index contributed by atoms with van der Waals surface area (Å²) in [5, 5.41) is 5.22. The summed E-state index contributed by atoms with van der Waals surface area (Å²) in [6, 6.07) is 7.22. The second-order valence-corrected chi connectivity index (χ2v) is 4.29. The summed E-state index contributed by atoms with van der Waals surface area (Å²) in [5.74, 6) is -0.469. The molecule has 2 amide bonds. The van der Waals surface area contributed by atoms with E-state index in [1.807, 2.05) is 26.0 Å². The molecular weight excluding hydrogens is 228 g/mol. The first-order valence-corrected chi connectivity index (χ1v) is 5.75. The van der Waals surface area contributed by atoms with Crippen LogP contribution in [0, 0.1) is 6.92 Å². The van der Waals surface area contributed by atoms with Crippen LogP contribution < -0.4 is 10.6 Å². The van der Waals surface area contributed by atoms with Crippen molar-refractivity contribution >= 4 is 11.8 Å². The van der Waals surface area contributed by atoms with Crippen molar-refractivity contribution in [1.29, 1.82) is 0 Å². The summed E-state index contributed by atoms with van der Waals surface area (Å²) in [6.07, 6.45) is 0. The van der Waals surface area contributed by atoms with Crippen molar-refractivity contribution < 1.29 is 9.59 Å². The maximum atomic E-state index is 11.7. The predicted octanol–water partition coefficient (Wildman–Crippen LogP) is 1.42. The zero-order valence-corrected chi connectivity index (χ0v) is 10.7. The lowest BCUT2D eigenvalue weighted by atomic mass is 10.1. The Bertz CT molecular complexity index is 467. The fourth-order valence-electron chi connectivity index (χ4n) is 1.36. The molecule has 1 rings (SSSR count). The Kier molecular flexibility index (Phi) is 5.11. The molecule has 1 aromatic carbocycles. The highest BCUT2D eigenvalue weighted by Gasteiger charge is 2.07. The molecular formula is C14H18N2O2. The average molecular weight is 246 g/mol. The van der Waals surface area contributed by atoms with E-state index in [2.05, 4.69) is 17.2 Å². The molecule has 0 aromatic heterocycles. The minimum Gasteiger partial charge on any atom is -0.351 e. The van der Waals surface area contributed by atoms with Crippen molar-refractivity contribution in [1.82, 2.24) is 10.6 Å². The van der Waals surface area contributed by atoms with Crippen LogP contribution in [0.25, 0.3) is 0 Å². The molecule has 2 N–H and O–H groups in total. The van der Waals surface area contributed by atoms with Crippen molar-refractivity contribution in [2.45, 2.75) is 13.8 Å². The Labute approximate surface area is 107 Å². The van der Waals surface area contributed by atoms with Crippen molar-refractivity contribution in [3.05, 3.63) is 47.5 Å². The van der Waals surface area contributed by atoms with Gasteiger partial charge in [0.15, 0.2) is 0 Å². The standard InChI is InChI=1S/C14H18N2O2/c1-10(2)8-15-13(17)9-16-14(18)12-6-4-5-11(3)7-12/h4-7H,1,8-9H2,2-3H3,(H,15,17)(H,16,18). The number of benzene rings is 1. The molecule has 4 nitrogen and oxygen atoms in total. The molecule has 0 saturated carbocycles. The van der Waals surface area contributed by atoms with Gasteiger partial charge in [-0.1, -0.05) is 29.8 Å². The van der Waals surface area contributed by atoms with Gasteiger partial charge in [-0.05, 0) is 26.0 Å². The van der Waals surface area contributed by atoms with E-state index in [0.717, 1.165) is 11.1 Å². The number of nitrogens with one attached hydrogen (secondary N) is 2. The Morgan fingerprint density at radius 1 is 1.22 bits per heavy atom. The van der Waals surface area contributed by atoms with Crippen LogP contribution in [-0.2, 0) is 4.79 Å². The number of hydrogen-bond donors (Lipinski definition) is 2. The molecule has 0 radical (unpaired) electrons. The Morgan fingerprint density at radius 2 is 1.94 bits per heavy atom. The highest BCUT2D eigenvalue weighted by Crippen LogP contribution is 2.03. The van der Waals surface area contributed by atoms with Crippen LogP contribution in [0.3, 0.4) is 0 Å². The van der Waals surface area contributed by atoms with Gasteiger partial charge in [-0.25, -0.2) is 0 Å². The normalized spacial score (nSPS) is 9.67. The monoisotopic (exact) mass is 246 g/mol. The number of carbonyl (C=O) groups excluding carboxylic acids is 2. The summed E-state index contributed by atoms with van der Waals surface area (Å²) in [6.45, 7) is 7.82. The number of rotatable bonds is 5. The minimum absolute atomic E-state index is 0.0277. The minimum atomic E-state index is -0.246. The molecule has 0 heterocycles. The first-order chi connectivity index (χ1) is 8.49. The van der Waals surface area contributed by atoms with E-state index >= 15 is 0 Å².